The topological polar surface area (TPSA) is 37.3 Å². The Morgan fingerprint density at radius 3 is 2.50 bits per heavy atom. The van der Waals surface area contributed by atoms with Crippen LogP contribution in [-0.4, -0.2) is 11.1 Å². The van der Waals surface area contributed by atoms with Crippen molar-refractivity contribution in [2.24, 2.45) is 0 Å². The maximum atomic E-state index is 13.3. The van der Waals surface area contributed by atoms with Gasteiger partial charge < -0.3 is 5.11 Å². The first-order valence-electron chi connectivity index (χ1n) is 5.63. The van der Waals surface area contributed by atoms with Crippen molar-refractivity contribution in [2.45, 2.75) is 0 Å². The number of rotatable bonds is 3. The molecule has 0 unspecified atom stereocenters. The lowest BCUT2D eigenvalue weighted by molar-refractivity contribution is -0.131. The molecule has 0 heterocycles. The van der Waals surface area contributed by atoms with E-state index in [1.165, 1.54) is 18.2 Å². The summed E-state index contributed by atoms with van der Waals surface area (Å²) in [7, 11) is 0. The lowest BCUT2D eigenvalue weighted by Crippen LogP contribution is -1.89. The van der Waals surface area contributed by atoms with E-state index in [9.17, 15) is 9.18 Å². The van der Waals surface area contributed by atoms with E-state index >= 15 is 0 Å². The van der Waals surface area contributed by atoms with Crippen molar-refractivity contribution in [2.75, 3.05) is 0 Å². The first-order chi connectivity index (χ1) is 9.47. The molecule has 0 aromatic heterocycles. The van der Waals surface area contributed by atoms with Crippen LogP contribution in [-0.2, 0) is 4.79 Å². The van der Waals surface area contributed by atoms with Gasteiger partial charge >= 0.3 is 5.97 Å². The van der Waals surface area contributed by atoms with Gasteiger partial charge in [-0.3, -0.25) is 0 Å². The number of carbonyl (C=O) groups is 1. The maximum Gasteiger partial charge on any atom is 0.328 e. The van der Waals surface area contributed by atoms with Crippen LogP contribution < -0.4 is 0 Å². The van der Waals surface area contributed by atoms with Crippen LogP contribution in [0.4, 0.5) is 4.39 Å². The standard InChI is InChI=1S/C15H9Cl2FO2/c16-13-5-1-10(8-14(13)17)12-4-3-11(18)7-9(12)2-6-15(19)20/h1-8H,(H,19,20)/b6-2+. The number of benzene rings is 2. The molecule has 0 fully saturated rings. The van der Waals surface area contributed by atoms with E-state index in [1.54, 1.807) is 24.3 Å². The molecule has 0 saturated heterocycles. The normalized spacial score (nSPS) is 10.9. The van der Waals surface area contributed by atoms with Crippen LogP contribution in [0.3, 0.4) is 0 Å². The Balaban J connectivity index is 2.55. The lowest BCUT2D eigenvalue weighted by Gasteiger charge is -2.08. The van der Waals surface area contributed by atoms with Gasteiger partial charge in [0.15, 0.2) is 0 Å². The highest BCUT2D eigenvalue weighted by Gasteiger charge is 2.07. The van der Waals surface area contributed by atoms with Crippen molar-refractivity contribution >= 4 is 35.2 Å². The largest absolute Gasteiger partial charge is 0.478 e. The Bertz CT molecular complexity index is 696. The molecule has 5 heteroatoms. The summed E-state index contributed by atoms with van der Waals surface area (Å²) in [5.41, 5.74) is 1.85. The zero-order chi connectivity index (χ0) is 14.7. The number of halogens is 3. The summed E-state index contributed by atoms with van der Waals surface area (Å²) >= 11 is 11.8. The molecular formula is C15H9Cl2FO2. The van der Waals surface area contributed by atoms with E-state index < -0.39 is 11.8 Å². The second kappa shape index (κ2) is 6.07. The van der Waals surface area contributed by atoms with Gasteiger partial charge in [0.25, 0.3) is 0 Å². The van der Waals surface area contributed by atoms with Crippen molar-refractivity contribution in [1.29, 1.82) is 0 Å². The third-order valence-corrected chi connectivity index (χ3v) is 3.39. The van der Waals surface area contributed by atoms with E-state index in [-0.39, 0.29) is 0 Å². The van der Waals surface area contributed by atoms with Gasteiger partial charge in [-0.05, 0) is 47.0 Å². The van der Waals surface area contributed by atoms with Gasteiger partial charge in [-0.25, -0.2) is 9.18 Å². The molecule has 0 radical (unpaired) electrons. The van der Waals surface area contributed by atoms with Crippen LogP contribution in [0.1, 0.15) is 5.56 Å². The second-order valence-electron chi connectivity index (χ2n) is 4.03. The quantitative estimate of drug-likeness (QED) is 0.819. The second-order valence-corrected chi connectivity index (χ2v) is 4.85. The van der Waals surface area contributed by atoms with Crippen LogP contribution in [0.15, 0.2) is 42.5 Å². The van der Waals surface area contributed by atoms with Crippen LogP contribution in [0.2, 0.25) is 10.0 Å². The Hall–Kier alpha value is -1.84. The van der Waals surface area contributed by atoms with Crippen molar-refractivity contribution in [1.82, 2.24) is 0 Å². The Kier molecular flexibility index (Phi) is 4.42. The molecule has 0 aliphatic carbocycles. The van der Waals surface area contributed by atoms with Crippen LogP contribution in [0.5, 0.6) is 0 Å². The fourth-order valence-electron chi connectivity index (χ4n) is 1.76. The molecule has 0 aliphatic rings. The molecule has 0 atom stereocenters. The molecule has 0 saturated carbocycles. The molecule has 0 spiro atoms. The highest BCUT2D eigenvalue weighted by molar-refractivity contribution is 6.42. The molecule has 102 valence electrons. The summed E-state index contributed by atoms with van der Waals surface area (Å²) in [6.45, 7) is 0. The SMILES string of the molecule is O=C(O)/C=C/c1cc(F)ccc1-c1ccc(Cl)c(Cl)c1. The highest BCUT2D eigenvalue weighted by atomic mass is 35.5. The fraction of sp³-hybridized carbons (Fsp3) is 0. The smallest absolute Gasteiger partial charge is 0.328 e. The summed E-state index contributed by atoms with van der Waals surface area (Å²) in [6, 6.07) is 9.14. The molecule has 20 heavy (non-hydrogen) atoms. The number of carboxylic acid groups (broad SMARTS) is 1. The van der Waals surface area contributed by atoms with Gasteiger partial charge in [-0.2, -0.15) is 0 Å². The first-order valence-corrected chi connectivity index (χ1v) is 6.39. The van der Waals surface area contributed by atoms with Gasteiger partial charge in [0, 0.05) is 6.08 Å². The van der Waals surface area contributed by atoms with Crippen molar-refractivity contribution in [3.05, 3.63) is 63.9 Å². The minimum Gasteiger partial charge on any atom is -0.478 e. The highest BCUT2D eigenvalue weighted by Crippen LogP contribution is 2.31. The average Bonchev–Trinajstić information content (AvgIpc) is 2.40. The Morgan fingerprint density at radius 2 is 1.85 bits per heavy atom. The minimum absolute atomic E-state index is 0.377. The molecule has 0 amide bonds. The van der Waals surface area contributed by atoms with Crippen molar-refractivity contribution in [3.63, 3.8) is 0 Å². The Labute approximate surface area is 125 Å². The van der Waals surface area contributed by atoms with Crippen LogP contribution >= 0.6 is 23.2 Å². The fourth-order valence-corrected chi connectivity index (χ4v) is 2.06. The summed E-state index contributed by atoms with van der Waals surface area (Å²) in [4.78, 5) is 10.6. The summed E-state index contributed by atoms with van der Waals surface area (Å²) in [5, 5.41) is 9.46. The number of hydrogen-bond acceptors (Lipinski definition) is 1. The molecule has 0 aliphatic heterocycles. The average molecular weight is 311 g/mol. The predicted molar refractivity (Wildman–Crippen MR) is 78.5 cm³/mol. The predicted octanol–water partition coefficient (Wildman–Crippen LogP) is 4.90. The van der Waals surface area contributed by atoms with E-state index in [0.29, 0.717) is 21.2 Å². The zero-order valence-electron chi connectivity index (χ0n) is 10.1. The van der Waals surface area contributed by atoms with E-state index in [1.807, 2.05) is 0 Å². The van der Waals surface area contributed by atoms with Gasteiger partial charge in [-0.15, -0.1) is 0 Å². The number of carboxylic acids is 1. The lowest BCUT2D eigenvalue weighted by atomic mass is 9.99. The van der Waals surface area contributed by atoms with Crippen LogP contribution in [0, 0.1) is 5.82 Å². The third-order valence-electron chi connectivity index (χ3n) is 2.65. The third kappa shape index (κ3) is 3.38. The van der Waals surface area contributed by atoms with E-state index in [4.69, 9.17) is 28.3 Å². The number of aliphatic carboxylic acids is 1. The molecule has 2 rings (SSSR count). The van der Waals surface area contributed by atoms with Gasteiger partial charge in [0.2, 0.25) is 0 Å². The van der Waals surface area contributed by atoms with E-state index in [0.717, 1.165) is 11.6 Å². The van der Waals surface area contributed by atoms with Crippen molar-refractivity contribution < 1.29 is 14.3 Å². The van der Waals surface area contributed by atoms with E-state index in [2.05, 4.69) is 0 Å². The molecule has 1 N–H and O–H groups in total. The molecule has 0 bridgehead atoms. The molecule has 2 nitrogen and oxygen atoms in total. The maximum absolute atomic E-state index is 13.3. The van der Waals surface area contributed by atoms with Crippen LogP contribution in [0.25, 0.3) is 17.2 Å². The summed E-state index contributed by atoms with van der Waals surface area (Å²) in [5.74, 6) is -1.55. The van der Waals surface area contributed by atoms with Gasteiger partial charge in [0.05, 0.1) is 10.0 Å². The van der Waals surface area contributed by atoms with Crippen molar-refractivity contribution in [3.8, 4) is 11.1 Å². The molecule has 2 aromatic rings. The Morgan fingerprint density at radius 1 is 1.10 bits per heavy atom. The first kappa shape index (κ1) is 14.6. The monoisotopic (exact) mass is 310 g/mol. The van der Waals surface area contributed by atoms with Gasteiger partial charge in [-0.1, -0.05) is 35.3 Å². The number of hydrogen-bond donors (Lipinski definition) is 1. The van der Waals surface area contributed by atoms with Gasteiger partial charge in [0.1, 0.15) is 5.82 Å². The molecule has 2 aromatic carbocycles. The summed E-state index contributed by atoms with van der Waals surface area (Å²) in [6.07, 6.45) is 2.29. The minimum atomic E-state index is -1.10. The summed E-state index contributed by atoms with van der Waals surface area (Å²) < 4.78 is 13.3. The zero-order valence-corrected chi connectivity index (χ0v) is 11.6. The molecular weight excluding hydrogens is 302 g/mol.